The predicted octanol–water partition coefficient (Wildman–Crippen LogP) is 3.24. The quantitative estimate of drug-likeness (QED) is 0.453. The molecule has 30 heavy (non-hydrogen) atoms. The van der Waals surface area contributed by atoms with Gasteiger partial charge in [0.15, 0.2) is 0 Å². The fourth-order valence-electron chi connectivity index (χ4n) is 3.89. The molecule has 1 atom stereocenters. The number of rotatable bonds is 8. The number of fused-ring (bicyclic) bond motifs is 1. The van der Waals surface area contributed by atoms with Gasteiger partial charge in [-0.15, -0.1) is 0 Å². The Bertz CT molecular complexity index is 1090. The Morgan fingerprint density at radius 3 is 2.57 bits per heavy atom. The number of benzene rings is 2. The molecule has 2 aromatic carbocycles. The number of carbonyl (C=O) groups excluding carboxylic acids is 1. The van der Waals surface area contributed by atoms with Crippen LogP contribution in [0.3, 0.4) is 0 Å². The van der Waals surface area contributed by atoms with Crippen molar-refractivity contribution in [3.8, 4) is 11.5 Å². The summed E-state index contributed by atoms with van der Waals surface area (Å²) in [4.78, 5) is 22.9. The van der Waals surface area contributed by atoms with Crippen LogP contribution in [0, 0.1) is 10.1 Å². The van der Waals surface area contributed by atoms with Crippen LogP contribution in [-0.2, 0) is 18.4 Å². The topological polar surface area (TPSA) is 95.6 Å². The fraction of sp³-hybridized carbons (Fsp3) is 0.318. The molecule has 0 aliphatic carbocycles. The van der Waals surface area contributed by atoms with Crippen molar-refractivity contribution in [1.29, 1.82) is 0 Å². The van der Waals surface area contributed by atoms with E-state index >= 15 is 0 Å². The molecule has 1 amide bonds. The number of nitro groups is 1. The number of aryl methyl sites for hydroxylation is 1. The van der Waals surface area contributed by atoms with Gasteiger partial charge in [0, 0.05) is 47.1 Å². The molecule has 1 aromatic heterocycles. The van der Waals surface area contributed by atoms with Crippen molar-refractivity contribution in [2.75, 3.05) is 20.8 Å². The highest BCUT2D eigenvalue weighted by molar-refractivity contribution is 5.87. The SMILES string of the molecule is COc1ccc([C@H](C[N+](=O)[O-])c2c(CNC(C)=O)n(C)c3ccccc23)c(OC)c1. The van der Waals surface area contributed by atoms with Gasteiger partial charge in [-0.25, -0.2) is 0 Å². The first-order chi connectivity index (χ1) is 14.4. The van der Waals surface area contributed by atoms with E-state index < -0.39 is 5.92 Å². The lowest BCUT2D eigenvalue weighted by Gasteiger charge is -2.19. The average molecular weight is 411 g/mol. The zero-order valence-corrected chi connectivity index (χ0v) is 17.5. The maximum atomic E-state index is 11.7. The monoisotopic (exact) mass is 411 g/mol. The van der Waals surface area contributed by atoms with Gasteiger partial charge in [-0.2, -0.15) is 0 Å². The van der Waals surface area contributed by atoms with E-state index in [-0.39, 0.29) is 23.9 Å². The minimum Gasteiger partial charge on any atom is -0.497 e. The predicted molar refractivity (Wildman–Crippen MR) is 114 cm³/mol. The van der Waals surface area contributed by atoms with Gasteiger partial charge < -0.3 is 19.4 Å². The van der Waals surface area contributed by atoms with Crippen LogP contribution in [0.1, 0.15) is 29.7 Å². The van der Waals surface area contributed by atoms with Crippen molar-refractivity contribution in [1.82, 2.24) is 9.88 Å². The van der Waals surface area contributed by atoms with Crippen LogP contribution in [0.4, 0.5) is 0 Å². The lowest BCUT2D eigenvalue weighted by molar-refractivity contribution is -0.481. The Balaban J connectivity index is 2.28. The van der Waals surface area contributed by atoms with Crippen molar-refractivity contribution in [3.63, 3.8) is 0 Å². The van der Waals surface area contributed by atoms with E-state index in [1.807, 2.05) is 35.9 Å². The maximum Gasteiger partial charge on any atom is 0.217 e. The summed E-state index contributed by atoms with van der Waals surface area (Å²) >= 11 is 0. The van der Waals surface area contributed by atoms with Crippen LogP contribution in [0.5, 0.6) is 11.5 Å². The van der Waals surface area contributed by atoms with Crippen LogP contribution < -0.4 is 14.8 Å². The molecule has 0 saturated heterocycles. The van der Waals surface area contributed by atoms with Crippen molar-refractivity contribution >= 4 is 16.8 Å². The molecule has 0 radical (unpaired) electrons. The van der Waals surface area contributed by atoms with Gasteiger partial charge in [-0.1, -0.05) is 24.3 Å². The molecule has 0 bridgehead atoms. The third-order valence-corrected chi connectivity index (χ3v) is 5.27. The zero-order valence-electron chi connectivity index (χ0n) is 17.5. The molecule has 0 fully saturated rings. The number of amides is 1. The highest BCUT2D eigenvalue weighted by atomic mass is 16.6. The number of hydrogen-bond acceptors (Lipinski definition) is 5. The first kappa shape index (κ1) is 21.2. The number of hydrogen-bond donors (Lipinski definition) is 1. The largest absolute Gasteiger partial charge is 0.497 e. The molecule has 0 saturated carbocycles. The smallest absolute Gasteiger partial charge is 0.217 e. The molecule has 0 aliphatic heterocycles. The lowest BCUT2D eigenvalue weighted by Crippen LogP contribution is -2.23. The third kappa shape index (κ3) is 4.07. The van der Waals surface area contributed by atoms with Gasteiger partial charge >= 0.3 is 0 Å². The van der Waals surface area contributed by atoms with Crippen molar-refractivity contribution in [2.24, 2.45) is 7.05 Å². The van der Waals surface area contributed by atoms with Crippen LogP contribution in [-0.4, -0.2) is 36.2 Å². The molecule has 1 heterocycles. The maximum absolute atomic E-state index is 11.7. The van der Waals surface area contributed by atoms with Gasteiger partial charge in [0.2, 0.25) is 12.5 Å². The number of para-hydroxylation sites is 1. The van der Waals surface area contributed by atoms with Crippen LogP contribution in [0.2, 0.25) is 0 Å². The summed E-state index contributed by atoms with van der Waals surface area (Å²) in [5, 5.41) is 15.4. The lowest BCUT2D eigenvalue weighted by atomic mass is 9.88. The van der Waals surface area contributed by atoms with E-state index in [2.05, 4.69) is 5.32 Å². The van der Waals surface area contributed by atoms with E-state index in [0.29, 0.717) is 17.1 Å². The summed E-state index contributed by atoms with van der Waals surface area (Å²) in [5.41, 5.74) is 3.25. The van der Waals surface area contributed by atoms with Gasteiger partial charge in [0.1, 0.15) is 11.5 Å². The Morgan fingerprint density at radius 1 is 1.20 bits per heavy atom. The normalized spacial score (nSPS) is 11.9. The minimum absolute atomic E-state index is 0.168. The van der Waals surface area contributed by atoms with E-state index in [0.717, 1.165) is 22.2 Å². The Hall–Kier alpha value is -3.55. The van der Waals surface area contributed by atoms with E-state index in [9.17, 15) is 14.9 Å². The van der Waals surface area contributed by atoms with Crippen molar-refractivity contribution < 1.29 is 19.2 Å². The molecular weight excluding hydrogens is 386 g/mol. The molecule has 0 spiro atoms. The molecule has 3 aromatic rings. The summed E-state index contributed by atoms with van der Waals surface area (Å²) in [6.45, 7) is 1.40. The number of ether oxygens (including phenoxy) is 2. The zero-order chi connectivity index (χ0) is 21.8. The van der Waals surface area contributed by atoms with E-state index in [1.54, 1.807) is 25.3 Å². The Labute approximate surface area is 174 Å². The number of nitrogens with one attached hydrogen (secondary N) is 1. The second-order valence-electron chi connectivity index (χ2n) is 7.02. The Morgan fingerprint density at radius 2 is 1.93 bits per heavy atom. The summed E-state index contributed by atoms with van der Waals surface area (Å²) in [6, 6.07) is 13.0. The highest BCUT2D eigenvalue weighted by Crippen LogP contribution is 2.40. The molecule has 1 N–H and O–H groups in total. The highest BCUT2D eigenvalue weighted by Gasteiger charge is 2.30. The van der Waals surface area contributed by atoms with Crippen LogP contribution in [0.25, 0.3) is 10.9 Å². The second kappa shape index (κ2) is 8.86. The van der Waals surface area contributed by atoms with Gasteiger partial charge in [0.05, 0.1) is 26.7 Å². The van der Waals surface area contributed by atoms with Crippen LogP contribution in [0.15, 0.2) is 42.5 Å². The summed E-state index contributed by atoms with van der Waals surface area (Å²) < 4.78 is 12.8. The van der Waals surface area contributed by atoms with Gasteiger partial charge in [-0.3, -0.25) is 14.9 Å². The number of aromatic nitrogens is 1. The number of nitrogens with zero attached hydrogens (tertiary/aromatic N) is 2. The molecule has 8 heteroatoms. The summed E-state index contributed by atoms with van der Waals surface area (Å²) in [6.07, 6.45) is 0. The van der Waals surface area contributed by atoms with E-state index in [1.165, 1.54) is 14.0 Å². The minimum atomic E-state index is -0.573. The molecule has 0 aliphatic rings. The fourth-order valence-corrected chi connectivity index (χ4v) is 3.89. The molecule has 3 rings (SSSR count). The van der Waals surface area contributed by atoms with E-state index in [4.69, 9.17) is 9.47 Å². The van der Waals surface area contributed by atoms with Crippen molar-refractivity contribution in [2.45, 2.75) is 19.4 Å². The Kier molecular flexibility index (Phi) is 6.25. The van der Waals surface area contributed by atoms with Crippen LogP contribution >= 0.6 is 0 Å². The first-order valence-electron chi connectivity index (χ1n) is 9.51. The number of carbonyl (C=O) groups is 1. The van der Waals surface area contributed by atoms with Gasteiger partial charge in [-0.05, 0) is 17.7 Å². The summed E-state index contributed by atoms with van der Waals surface area (Å²) in [5.74, 6) is 0.376. The van der Waals surface area contributed by atoms with Crippen molar-refractivity contribution in [3.05, 3.63) is 69.4 Å². The average Bonchev–Trinajstić information content (AvgIpc) is 3.01. The standard InChI is InChI=1S/C22H25N3O5/c1-14(26)23-12-20-22(17-7-5-6-8-19(17)24(20)2)18(13-25(27)28)16-10-9-15(29-3)11-21(16)30-4/h5-11,18H,12-13H2,1-4H3,(H,23,26)/t18-/m0/s1. The summed E-state index contributed by atoms with van der Waals surface area (Å²) in [7, 11) is 4.99. The molecule has 8 nitrogen and oxygen atoms in total. The number of methoxy groups -OCH3 is 2. The second-order valence-corrected chi connectivity index (χ2v) is 7.02. The third-order valence-electron chi connectivity index (χ3n) is 5.27. The molecule has 158 valence electrons. The first-order valence-corrected chi connectivity index (χ1v) is 9.51. The molecular formula is C22H25N3O5. The molecule has 0 unspecified atom stereocenters. The van der Waals surface area contributed by atoms with Gasteiger partial charge in [0.25, 0.3) is 0 Å².